The highest BCUT2D eigenvalue weighted by molar-refractivity contribution is 6.30. The van der Waals surface area contributed by atoms with Gasteiger partial charge >= 0.3 is 12.1 Å². The molecule has 4 N–H and O–H groups in total. The van der Waals surface area contributed by atoms with Gasteiger partial charge in [-0.1, -0.05) is 67.9 Å². The summed E-state index contributed by atoms with van der Waals surface area (Å²) in [4.78, 5) is 72.8. The second-order valence-corrected chi connectivity index (χ2v) is 11.2. The Hall–Kier alpha value is -4.99. The first-order valence-electron chi connectivity index (χ1n) is 14.2. The highest BCUT2D eigenvalue weighted by Gasteiger charge is 2.52. The van der Waals surface area contributed by atoms with Crippen LogP contribution in [0, 0.1) is 5.92 Å². The maximum Gasteiger partial charge on any atom is 0.405 e. The smallest absolute Gasteiger partial charge is 0.344 e. The number of rotatable bonds is 14. The van der Waals surface area contributed by atoms with Crippen LogP contribution in [0.4, 0.5) is 22.0 Å². The van der Waals surface area contributed by atoms with Crippen LogP contribution >= 0.6 is 11.6 Å². The number of nitrogens with one attached hydrogen (secondary N) is 4. The first kappa shape index (κ1) is 37.5. The van der Waals surface area contributed by atoms with Gasteiger partial charge in [-0.2, -0.15) is 22.0 Å². The topological polar surface area (TPSA) is 159 Å². The first-order valence-corrected chi connectivity index (χ1v) is 14.6. The Morgan fingerprint density at radius 1 is 0.854 bits per heavy atom. The van der Waals surface area contributed by atoms with Crippen molar-refractivity contribution in [1.82, 2.24) is 31.2 Å². The number of Topliss-reactive ketones (excluding diaryl/α,β-unsaturated/α-hetero) is 1. The zero-order valence-electron chi connectivity index (χ0n) is 25.4. The molecule has 0 unspecified atom stereocenters. The van der Waals surface area contributed by atoms with Gasteiger partial charge in [0.2, 0.25) is 17.6 Å². The number of aromatic nitrogens is 2. The second kappa shape index (κ2) is 16.2. The van der Waals surface area contributed by atoms with Gasteiger partial charge < -0.3 is 21.3 Å². The average molecular weight is 697 g/mol. The molecule has 0 saturated heterocycles. The van der Waals surface area contributed by atoms with E-state index in [1.165, 1.54) is 50.5 Å². The maximum atomic E-state index is 14.8. The summed E-state index contributed by atoms with van der Waals surface area (Å²) >= 11 is 6.09. The lowest BCUT2D eigenvalue weighted by Crippen LogP contribution is -2.58. The van der Waals surface area contributed by atoms with E-state index >= 15 is 0 Å². The Kier molecular flexibility index (Phi) is 12.7. The number of amides is 4. The summed E-state index contributed by atoms with van der Waals surface area (Å²) < 4.78 is 67.0. The minimum absolute atomic E-state index is 0.128. The minimum atomic E-state index is -5.03. The van der Waals surface area contributed by atoms with Crippen LogP contribution in [0.5, 0.6) is 0 Å². The molecule has 1 aromatic heterocycles. The van der Waals surface area contributed by atoms with Gasteiger partial charge in [-0.05, 0) is 29.2 Å². The van der Waals surface area contributed by atoms with Crippen LogP contribution in [0.1, 0.15) is 41.5 Å². The lowest BCUT2D eigenvalue weighted by Gasteiger charge is -2.28. The lowest BCUT2D eigenvalue weighted by molar-refractivity contribution is -0.165. The molecule has 1 heterocycles. The first-order chi connectivity index (χ1) is 22.5. The molecule has 3 aromatic rings. The summed E-state index contributed by atoms with van der Waals surface area (Å²) in [5.41, 5.74) is 0.520. The molecule has 4 amide bonds. The monoisotopic (exact) mass is 696 g/mol. The number of alkyl halides is 5. The molecule has 0 radical (unpaired) electrons. The molecule has 3 rings (SSSR count). The highest BCUT2D eigenvalue weighted by atomic mass is 35.5. The van der Waals surface area contributed by atoms with E-state index in [0.29, 0.717) is 10.6 Å². The molecule has 0 bridgehead atoms. The standard InChI is InChI=1S/C31H30ClF5N6O5/c1-17(2)23(25(44)31(36,37)29(48)40-16-30(33,34)35)42-28(47)24(19-8-4-3-5-9-19)43-26(45)21(14-18-7-6-10-20(32)13-18)41-27(46)22-15-38-11-12-39-22/h3-13,15,17,21,23-24H,14,16H2,1-2H3,(H,40,48)(H,41,46)(H,42,47)(H,43,45)/t21-,23-,24-/m0/s1. The van der Waals surface area contributed by atoms with Crippen molar-refractivity contribution in [1.29, 1.82) is 0 Å². The van der Waals surface area contributed by atoms with Gasteiger partial charge in [0, 0.05) is 23.8 Å². The number of nitrogens with zero attached hydrogens (tertiary/aromatic N) is 2. The predicted octanol–water partition coefficient (Wildman–Crippen LogP) is 3.35. The van der Waals surface area contributed by atoms with Crippen molar-refractivity contribution in [3.05, 3.63) is 95.0 Å². The van der Waals surface area contributed by atoms with Crippen LogP contribution in [-0.4, -0.2) is 70.1 Å². The molecule has 0 aliphatic rings. The number of hydrogen-bond donors (Lipinski definition) is 4. The third kappa shape index (κ3) is 10.5. The van der Waals surface area contributed by atoms with Crippen LogP contribution in [-0.2, 0) is 25.6 Å². The summed E-state index contributed by atoms with van der Waals surface area (Å²) in [6.45, 7) is 0.399. The number of halogens is 6. The van der Waals surface area contributed by atoms with Crippen molar-refractivity contribution in [2.75, 3.05) is 6.54 Å². The van der Waals surface area contributed by atoms with E-state index in [-0.39, 0.29) is 17.7 Å². The van der Waals surface area contributed by atoms with Crippen molar-refractivity contribution in [3.63, 3.8) is 0 Å². The van der Waals surface area contributed by atoms with Gasteiger partial charge in [-0.3, -0.25) is 29.0 Å². The quantitative estimate of drug-likeness (QED) is 0.149. The van der Waals surface area contributed by atoms with Gasteiger partial charge in [0.05, 0.1) is 12.2 Å². The predicted molar refractivity (Wildman–Crippen MR) is 162 cm³/mol. The third-order valence-electron chi connectivity index (χ3n) is 6.72. The summed E-state index contributed by atoms with van der Waals surface area (Å²) in [7, 11) is 0. The van der Waals surface area contributed by atoms with Gasteiger partial charge in [0.1, 0.15) is 24.3 Å². The highest BCUT2D eigenvalue weighted by Crippen LogP contribution is 2.23. The van der Waals surface area contributed by atoms with E-state index in [0.717, 1.165) is 11.5 Å². The summed E-state index contributed by atoms with van der Waals surface area (Å²) in [6, 6.07) is 8.72. The number of ketones is 1. The molecule has 256 valence electrons. The Bertz CT molecular complexity index is 1610. The van der Waals surface area contributed by atoms with Gasteiger partial charge in [-0.15, -0.1) is 0 Å². The fourth-order valence-corrected chi connectivity index (χ4v) is 4.53. The van der Waals surface area contributed by atoms with Crippen LogP contribution in [0.25, 0.3) is 0 Å². The molecule has 2 aromatic carbocycles. The van der Waals surface area contributed by atoms with Crippen LogP contribution in [0.2, 0.25) is 5.02 Å². The molecular formula is C31H30ClF5N6O5. The second-order valence-electron chi connectivity index (χ2n) is 10.8. The zero-order valence-corrected chi connectivity index (χ0v) is 26.1. The Labute approximate surface area is 276 Å². The summed E-state index contributed by atoms with van der Waals surface area (Å²) in [6.07, 6.45) is -1.41. The van der Waals surface area contributed by atoms with Crippen molar-refractivity contribution >= 4 is 41.0 Å². The van der Waals surface area contributed by atoms with Crippen LogP contribution < -0.4 is 21.3 Å². The SMILES string of the molecule is CC(C)[C@H](NC(=O)[C@@H](NC(=O)[C@H](Cc1cccc(Cl)c1)NC(=O)c1cnccn1)c1ccccc1)C(=O)C(F)(F)C(=O)NCC(F)(F)F. The molecule has 0 fully saturated rings. The van der Waals surface area contributed by atoms with Crippen molar-refractivity contribution < 1.29 is 45.9 Å². The third-order valence-corrected chi connectivity index (χ3v) is 6.95. The van der Waals surface area contributed by atoms with E-state index < -0.39 is 72.1 Å². The van der Waals surface area contributed by atoms with E-state index in [1.807, 2.05) is 0 Å². The average Bonchev–Trinajstić information content (AvgIpc) is 3.04. The van der Waals surface area contributed by atoms with E-state index in [9.17, 15) is 45.9 Å². The molecular weight excluding hydrogens is 667 g/mol. The fraction of sp³-hybridized carbons (Fsp3) is 0.323. The maximum absolute atomic E-state index is 14.8. The molecule has 0 spiro atoms. The molecule has 0 saturated carbocycles. The largest absolute Gasteiger partial charge is 0.405 e. The van der Waals surface area contributed by atoms with E-state index in [1.54, 1.807) is 30.3 Å². The minimum Gasteiger partial charge on any atom is -0.344 e. The molecule has 11 nitrogen and oxygen atoms in total. The van der Waals surface area contributed by atoms with Crippen LogP contribution in [0.15, 0.2) is 73.2 Å². The van der Waals surface area contributed by atoms with Gasteiger partial charge in [0.15, 0.2) is 0 Å². The Morgan fingerprint density at radius 2 is 1.54 bits per heavy atom. The van der Waals surface area contributed by atoms with Crippen molar-refractivity contribution in [2.45, 2.75) is 50.5 Å². The van der Waals surface area contributed by atoms with Crippen molar-refractivity contribution in [3.8, 4) is 0 Å². The molecule has 3 atom stereocenters. The molecule has 17 heteroatoms. The molecule has 0 aliphatic carbocycles. The number of carbonyl (C=O) groups is 5. The molecule has 48 heavy (non-hydrogen) atoms. The Morgan fingerprint density at radius 3 is 2.12 bits per heavy atom. The van der Waals surface area contributed by atoms with E-state index in [4.69, 9.17) is 11.6 Å². The molecule has 0 aliphatic heterocycles. The number of benzene rings is 2. The number of hydrogen-bond acceptors (Lipinski definition) is 7. The lowest BCUT2D eigenvalue weighted by atomic mass is 9.94. The normalized spacial score (nSPS) is 13.5. The summed E-state index contributed by atoms with van der Waals surface area (Å²) in [5.74, 6) is -13.6. The Balaban J connectivity index is 1.90. The van der Waals surface area contributed by atoms with Crippen molar-refractivity contribution in [2.24, 2.45) is 5.92 Å². The van der Waals surface area contributed by atoms with Crippen LogP contribution in [0.3, 0.4) is 0 Å². The van der Waals surface area contributed by atoms with E-state index in [2.05, 4.69) is 25.9 Å². The summed E-state index contributed by atoms with van der Waals surface area (Å²) in [5, 5.41) is 8.41. The fourth-order valence-electron chi connectivity index (χ4n) is 4.32. The zero-order chi connectivity index (χ0) is 35.6. The number of carbonyl (C=O) groups excluding carboxylic acids is 5. The van der Waals surface area contributed by atoms with Gasteiger partial charge in [0.25, 0.3) is 11.8 Å². The van der Waals surface area contributed by atoms with Gasteiger partial charge in [-0.25, -0.2) is 4.98 Å².